The number of aliphatic hydroxyl groups is 3. The molecule has 1 rings (SSSR count). The molecule has 31 heavy (non-hydrogen) atoms. The number of carbonyl (C=O) groups is 1. The summed E-state index contributed by atoms with van der Waals surface area (Å²) in [5.74, 6) is 2.10. The molecule has 0 saturated heterocycles. The van der Waals surface area contributed by atoms with E-state index in [4.69, 9.17) is 5.11 Å². The Hall–Kier alpha value is -1.39. The first-order chi connectivity index (χ1) is 14.5. The van der Waals surface area contributed by atoms with E-state index in [1.165, 1.54) is 0 Å². The molecule has 0 aromatic heterocycles. The Morgan fingerprint density at radius 1 is 1.13 bits per heavy atom. The second-order valence-electron chi connectivity index (χ2n) is 9.87. The minimum absolute atomic E-state index is 0.0845. The van der Waals surface area contributed by atoms with Crippen LogP contribution in [-0.2, 0) is 4.79 Å². The van der Waals surface area contributed by atoms with Gasteiger partial charge in [-0.2, -0.15) is 0 Å². The quantitative estimate of drug-likeness (QED) is 0.154. The van der Waals surface area contributed by atoms with Crippen molar-refractivity contribution in [3.05, 3.63) is 24.3 Å². The molecular formula is C25H42O5Si. The average Bonchev–Trinajstić information content (AvgIpc) is 2.93. The van der Waals surface area contributed by atoms with E-state index in [1.807, 2.05) is 24.3 Å². The number of hydrogen-bond acceptors (Lipinski definition) is 4. The van der Waals surface area contributed by atoms with Crippen molar-refractivity contribution in [1.29, 1.82) is 0 Å². The van der Waals surface area contributed by atoms with Crippen LogP contribution in [0.5, 0.6) is 0 Å². The Bertz CT molecular complexity index is 670. The maximum absolute atomic E-state index is 11.1. The zero-order chi connectivity index (χ0) is 23.5. The number of unbranched alkanes of at least 4 members (excludes halogenated alkanes) is 2. The fourth-order valence-electron chi connectivity index (χ4n) is 3.86. The van der Waals surface area contributed by atoms with Crippen molar-refractivity contribution < 1.29 is 25.2 Å². The normalized spacial score (nSPS) is 26.2. The van der Waals surface area contributed by atoms with Crippen molar-refractivity contribution in [3.8, 4) is 11.5 Å². The second kappa shape index (κ2) is 13.2. The van der Waals surface area contributed by atoms with Gasteiger partial charge in [0, 0.05) is 25.2 Å². The standard InChI is InChI=1S/C25H42O5Si/c1-5-6-15-25(30,17-18-31(2,3)4)16-11-13-21-20(22(26)19-23(21)27)12-9-7-8-10-14-24(28)29/h7,9,11,13,20-23,26-27,30H,5-6,8,10,12,14-16,19H2,1-4H3,(H,28,29)/b9-7-,13-11+/t20-,21-,22-,23-,25?/m1/s1. The molecule has 4 N–H and O–H groups in total. The second-order valence-corrected chi connectivity index (χ2v) is 14.6. The van der Waals surface area contributed by atoms with Crippen LogP contribution in [0.1, 0.15) is 64.7 Å². The van der Waals surface area contributed by atoms with Crippen LogP contribution in [0.4, 0.5) is 0 Å². The van der Waals surface area contributed by atoms with Crippen LogP contribution in [-0.4, -0.2) is 52.3 Å². The fraction of sp³-hybridized carbons (Fsp3) is 0.720. The zero-order valence-electron chi connectivity index (χ0n) is 19.7. The first-order valence-electron chi connectivity index (χ1n) is 11.6. The first kappa shape index (κ1) is 27.6. The number of carboxylic acids is 1. The van der Waals surface area contributed by atoms with Crippen molar-refractivity contribution in [2.24, 2.45) is 11.8 Å². The summed E-state index contributed by atoms with van der Waals surface area (Å²) in [5.41, 5.74) is 2.25. The third-order valence-electron chi connectivity index (χ3n) is 5.68. The predicted molar refractivity (Wildman–Crippen MR) is 128 cm³/mol. The molecule has 0 aromatic carbocycles. The molecule has 0 aromatic rings. The Morgan fingerprint density at radius 3 is 2.45 bits per heavy atom. The number of aliphatic hydroxyl groups excluding tert-OH is 2. The Balaban J connectivity index is 2.76. The summed E-state index contributed by atoms with van der Waals surface area (Å²) in [6.45, 7) is 8.57. The van der Waals surface area contributed by atoms with E-state index in [2.05, 4.69) is 38.0 Å². The number of rotatable bonds is 12. The van der Waals surface area contributed by atoms with Gasteiger partial charge in [-0.25, -0.2) is 0 Å². The van der Waals surface area contributed by atoms with E-state index in [1.54, 1.807) is 0 Å². The van der Waals surface area contributed by atoms with Crippen LogP contribution >= 0.6 is 0 Å². The highest BCUT2D eigenvalue weighted by Crippen LogP contribution is 2.36. The van der Waals surface area contributed by atoms with Gasteiger partial charge >= 0.3 is 5.97 Å². The molecule has 1 fully saturated rings. The Labute approximate surface area is 189 Å². The molecule has 0 radical (unpaired) electrons. The third kappa shape index (κ3) is 11.2. The molecule has 0 spiro atoms. The predicted octanol–water partition coefficient (Wildman–Crippen LogP) is 4.29. The summed E-state index contributed by atoms with van der Waals surface area (Å²) < 4.78 is 0. The van der Waals surface area contributed by atoms with Crippen molar-refractivity contribution in [1.82, 2.24) is 0 Å². The van der Waals surface area contributed by atoms with Crippen molar-refractivity contribution in [2.45, 2.75) is 102 Å². The average molecular weight is 451 g/mol. The highest BCUT2D eigenvalue weighted by atomic mass is 28.3. The van der Waals surface area contributed by atoms with Gasteiger partial charge in [0.15, 0.2) is 0 Å². The smallest absolute Gasteiger partial charge is 0.303 e. The Kier molecular flexibility index (Phi) is 11.8. The van der Waals surface area contributed by atoms with E-state index in [0.717, 1.165) is 12.8 Å². The van der Waals surface area contributed by atoms with Crippen molar-refractivity contribution in [2.75, 3.05) is 0 Å². The van der Waals surface area contributed by atoms with E-state index in [-0.39, 0.29) is 18.3 Å². The minimum Gasteiger partial charge on any atom is -0.481 e. The molecule has 0 heterocycles. The van der Waals surface area contributed by atoms with Crippen LogP contribution in [0.15, 0.2) is 24.3 Å². The first-order valence-corrected chi connectivity index (χ1v) is 15.1. The van der Waals surface area contributed by atoms with E-state index in [9.17, 15) is 20.1 Å². The molecular weight excluding hydrogens is 408 g/mol. The topological polar surface area (TPSA) is 98.0 Å². The largest absolute Gasteiger partial charge is 0.481 e. The molecule has 1 aliphatic carbocycles. The lowest BCUT2D eigenvalue weighted by Crippen LogP contribution is -2.28. The summed E-state index contributed by atoms with van der Waals surface area (Å²) in [5, 5.41) is 40.6. The van der Waals surface area contributed by atoms with Gasteiger partial charge in [0.05, 0.1) is 12.2 Å². The van der Waals surface area contributed by atoms with Crippen LogP contribution < -0.4 is 0 Å². The summed E-state index contributed by atoms with van der Waals surface area (Å²) in [6.07, 6.45) is 12.0. The van der Waals surface area contributed by atoms with E-state index in [0.29, 0.717) is 38.5 Å². The fourth-order valence-corrected chi connectivity index (χ4v) is 4.47. The van der Waals surface area contributed by atoms with Gasteiger partial charge in [-0.05, 0) is 38.0 Å². The van der Waals surface area contributed by atoms with E-state index >= 15 is 0 Å². The summed E-state index contributed by atoms with van der Waals surface area (Å²) in [4.78, 5) is 10.6. The lowest BCUT2D eigenvalue weighted by molar-refractivity contribution is -0.137. The molecule has 5 nitrogen and oxygen atoms in total. The van der Waals surface area contributed by atoms with Gasteiger partial charge < -0.3 is 20.4 Å². The van der Waals surface area contributed by atoms with Crippen molar-refractivity contribution in [3.63, 3.8) is 0 Å². The van der Waals surface area contributed by atoms with Crippen LogP contribution in [0.2, 0.25) is 19.6 Å². The molecule has 0 aliphatic heterocycles. The third-order valence-corrected chi connectivity index (χ3v) is 6.56. The van der Waals surface area contributed by atoms with Gasteiger partial charge in [-0.3, -0.25) is 4.79 Å². The van der Waals surface area contributed by atoms with Crippen LogP contribution in [0.25, 0.3) is 0 Å². The summed E-state index contributed by atoms with van der Waals surface area (Å²) >= 11 is 0. The maximum Gasteiger partial charge on any atom is 0.303 e. The molecule has 176 valence electrons. The van der Waals surface area contributed by atoms with Gasteiger partial charge in [-0.1, -0.05) is 63.2 Å². The summed E-state index contributed by atoms with van der Waals surface area (Å²) in [7, 11) is -1.59. The summed E-state index contributed by atoms with van der Waals surface area (Å²) in [6, 6.07) is 0. The minimum atomic E-state index is -1.59. The van der Waals surface area contributed by atoms with Gasteiger partial charge in [0.1, 0.15) is 13.7 Å². The SMILES string of the molecule is CCCCC(O)(C#C[Si](C)(C)C)C/C=C/[C@@H]1[C@@H](C/C=C\CCCC(=O)O)[C@H](O)C[C@H]1O. The Morgan fingerprint density at radius 2 is 1.84 bits per heavy atom. The monoisotopic (exact) mass is 450 g/mol. The lowest BCUT2D eigenvalue weighted by atomic mass is 9.88. The lowest BCUT2D eigenvalue weighted by Gasteiger charge is -2.23. The molecule has 6 heteroatoms. The number of hydrogen-bond donors (Lipinski definition) is 4. The molecule has 1 unspecified atom stereocenters. The molecule has 5 atom stereocenters. The zero-order valence-corrected chi connectivity index (χ0v) is 20.7. The number of aliphatic carboxylic acids is 1. The molecule has 1 saturated carbocycles. The van der Waals surface area contributed by atoms with E-state index < -0.39 is 31.9 Å². The molecule has 0 amide bonds. The van der Waals surface area contributed by atoms with Crippen LogP contribution in [0.3, 0.4) is 0 Å². The van der Waals surface area contributed by atoms with Crippen molar-refractivity contribution >= 4 is 14.0 Å². The van der Waals surface area contributed by atoms with Crippen LogP contribution in [0, 0.1) is 23.3 Å². The highest BCUT2D eigenvalue weighted by molar-refractivity contribution is 6.83. The maximum atomic E-state index is 11.1. The van der Waals surface area contributed by atoms with Gasteiger partial charge in [-0.15, -0.1) is 5.54 Å². The number of carboxylic acid groups (broad SMARTS) is 1. The molecule has 0 bridgehead atoms. The van der Waals surface area contributed by atoms with Gasteiger partial charge in [0.2, 0.25) is 0 Å². The molecule has 1 aliphatic rings. The van der Waals surface area contributed by atoms with Gasteiger partial charge in [0.25, 0.3) is 0 Å². The number of allylic oxidation sites excluding steroid dienone is 2. The highest BCUT2D eigenvalue weighted by Gasteiger charge is 2.39.